The van der Waals surface area contributed by atoms with Crippen molar-refractivity contribution >= 4 is 75.1 Å². The van der Waals surface area contributed by atoms with E-state index in [1.807, 2.05) is 11.3 Å². The van der Waals surface area contributed by atoms with Crippen LogP contribution in [0.3, 0.4) is 0 Å². The maximum Gasteiger partial charge on any atom is 0.0547 e. The van der Waals surface area contributed by atoms with Crippen molar-refractivity contribution in [3.05, 3.63) is 182 Å². The quantitative estimate of drug-likeness (QED) is 0.177. The van der Waals surface area contributed by atoms with Crippen LogP contribution in [0, 0.1) is 0 Å². The number of hydrogen-bond donors (Lipinski definition) is 0. The second-order valence-corrected chi connectivity index (χ2v) is 14.4. The highest BCUT2D eigenvalue weighted by atomic mass is 32.1. The molecule has 3 heterocycles. The fourth-order valence-corrected chi connectivity index (χ4v) is 9.41. The molecule has 0 spiro atoms. The maximum atomic E-state index is 2.44. The largest absolute Gasteiger partial charge is 0.309 e. The minimum absolute atomic E-state index is 1.16. The van der Waals surface area contributed by atoms with Gasteiger partial charge in [0.15, 0.2) is 0 Å². The number of aromatic nitrogens is 2. The molecule has 2 nitrogen and oxygen atoms in total. The zero-order valence-corrected chi connectivity index (χ0v) is 28.4. The molecule has 238 valence electrons. The Morgan fingerprint density at radius 2 is 0.902 bits per heavy atom. The molecule has 0 radical (unpaired) electrons. The zero-order valence-electron chi connectivity index (χ0n) is 27.6. The summed E-state index contributed by atoms with van der Waals surface area (Å²) in [6.07, 6.45) is 0. The van der Waals surface area contributed by atoms with Crippen molar-refractivity contribution in [3.8, 4) is 33.6 Å². The first-order valence-corrected chi connectivity index (χ1v) is 18.3. The van der Waals surface area contributed by atoms with Gasteiger partial charge in [-0.05, 0) is 82.9 Å². The molecule has 3 heteroatoms. The number of rotatable bonds is 4. The van der Waals surface area contributed by atoms with Gasteiger partial charge in [-0.1, -0.05) is 121 Å². The van der Waals surface area contributed by atoms with Crippen LogP contribution < -0.4 is 0 Å². The monoisotopic (exact) mass is 666 g/mol. The number of fused-ring (bicyclic) bond motifs is 9. The number of benzene rings is 8. The summed E-state index contributed by atoms with van der Waals surface area (Å²) in [7, 11) is 0. The molecule has 0 aliphatic carbocycles. The highest BCUT2D eigenvalue weighted by molar-refractivity contribution is 7.25. The average molecular weight is 667 g/mol. The van der Waals surface area contributed by atoms with E-state index in [-0.39, 0.29) is 0 Å². The van der Waals surface area contributed by atoms with Gasteiger partial charge >= 0.3 is 0 Å². The van der Waals surface area contributed by atoms with Gasteiger partial charge in [-0.25, -0.2) is 0 Å². The van der Waals surface area contributed by atoms with E-state index in [2.05, 4.69) is 191 Å². The van der Waals surface area contributed by atoms with E-state index < -0.39 is 0 Å². The highest BCUT2D eigenvalue weighted by Gasteiger charge is 2.18. The Kier molecular flexibility index (Phi) is 6.16. The minimum Gasteiger partial charge on any atom is -0.309 e. The SMILES string of the molecule is c1ccc(-n2c3ccccc3c3ccc(-c4cccc5c4c4ccccc4n5-c4cccc(-c5ccc6c(c5)sc5ccccc56)c4)cc32)cc1. The summed E-state index contributed by atoms with van der Waals surface area (Å²) in [5.74, 6) is 0. The van der Waals surface area contributed by atoms with Crippen LogP contribution in [-0.2, 0) is 0 Å². The van der Waals surface area contributed by atoms with Crippen molar-refractivity contribution in [3.63, 3.8) is 0 Å². The Morgan fingerprint density at radius 3 is 1.78 bits per heavy atom. The standard InChI is InChI=1S/C48H30N2S/c1-2-13-34(14-3-1)49-42-20-7-4-16-37(42)38-26-25-33(29-45(38)49)36-19-11-22-44-48(36)41-18-5-8-21-43(41)50(44)35-15-10-12-31(28-35)32-24-27-40-39-17-6-9-23-46(39)51-47(40)30-32/h1-30H. The van der Waals surface area contributed by atoms with Gasteiger partial charge in [0.25, 0.3) is 0 Å². The second kappa shape index (κ2) is 11.0. The lowest BCUT2D eigenvalue weighted by Crippen LogP contribution is -1.94. The molecule has 11 aromatic rings. The van der Waals surface area contributed by atoms with Gasteiger partial charge < -0.3 is 9.13 Å². The maximum absolute atomic E-state index is 2.44. The lowest BCUT2D eigenvalue weighted by atomic mass is 9.98. The van der Waals surface area contributed by atoms with Crippen molar-refractivity contribution in [2.75, 3.05) is 0 Å². The summed E-state index contributed by atoms with van der Waals surface area (Å²) in [6, 6.07) is 66.7. The van der Waals surface area contributed by atoms with Crippen molar-refractivity contribution in [2.24, 2.45) is 0 Å². The molecule has 0 aliphatic rings. The molecule has 3 aromatic heterocycles. The first-order chi connectivity index (χ1) is 25.3. The number of hydrogen-bond acceptors (Lipinski definition) is 1. The molecule has 0 atom stereocenters. The normalized spacial score (nSPS) is 11.9. The summed E-state index contributed by atoms with van der Waals surface area (Å²) in [6.45, 7) is 0. The minimum atomic E-state index is 1.16. The summed E-state index contributed by atoms with van der Waals surface area (Å²) in [5.41, 5.74) is 12.1. The molecule has 51 heavy (non-hydrogen) atoms. The van der Waals surface area contributed by atoms with E-state index in [0.29, 0.717) is 0 Å². The third-order valence-corrected chi connectivity index (χ3v) is 11.6. The van der Waals surface area contributed by atoms with Crippen LogP contribution in [0.15, 0.2) is 182 Å². The molecule has 11 rings (SSSR count). The van der Waals surface area contributed by atoms with Crippen LogP contribution in [0.2, 0.25) is 0 Å². The lowest BCUT2D eigenvalue weighted by molar-refractivity contribution is 1.18. The Labute approximate surface area is 298 Å². The van der Waals surface area contributed by atoms with Crippen molar-refractivity contribution in [2.45, 2.75) is 0 Å². The first-order valence-electron chi connectivity index (χ1n) is 17.4. The fraction of sp³-hybridized carbons (Fsp3) is 0. The predicted octanol–water partition coefficient (Wildman–Crippen LogP) is 13.6. The van der Waals surface area contributed by atoms with Crippen LogP contribution in [0.1, 0.15) is 0 Å². The molecule has 0 unspecified atom stereocenters. The smallest absolute Gasteiger partial charge is 0.0547 e. The lowest BCUT2D eigenvalue weighted by Gasteiger charge is -2.12. The molecule has 0 aliphatic heterocycles. The summed E-state index contributed by atoms with van der Waals surface area (Å²) < 4.78 is 7.50. The van der Waals surface area contributed by atoms with E-state index in [1.165, 1.54) is 91.7 Å². The second-order valence-electron chi connectivity index (χ2n) is 13.3. The predicted molar refractivity (Wildman–Crippen MR) is 219 cm³/mol. The molecular formula is C48H30N2S. The van der Waals surface area contributed by atoms with Crippen LogP contribution in [0.25, 0.3) is 97.4 Å². The molecule has 0 amide bonds. The Morgan fingerprint density at radius 1 is 0.314 bits per heavy atom. The van der Waals surface area contributed by atoms with Crippen molar-refractivity contribution in [1.82, 2.24) is 9.13 Å². The van der Waals surface area contributed by atoms with Crippen molar-refractivity contribution < 1.29 is 0 Å². The third kappa shape index (κ3) is 4.29. The van der Waals surface area contributed by atoms with E-state index in [1.54, 1.807) is 0 Å². The van der Waals surface area contributed by atoms with Gasteiger partial charge in [0, 0.05) is 53.1 Å². The third-order valence-electron chi connectivity index (χ3n) is 10.5. The number of para-hydroxylation sites is 3. The van der Waals surface area contributed by atoms with E-state index >= 15 is 0 Å². The van der Waals surface area contributed by atoms with Gasteiger partial charge in [0.05, 0.1) is 22.1 Å². The van der Waals surface area contributed by atoms with Gasteiger partial charge in [0.1, 0.15) is 0 Å². The summed E-state index contributed by atoms with van der Waals surface area (Å²) in [4.78, 5) is 0. The molecule has 0 saturated heterocycles. The van der Waals surface area contributed by atoms with Gasteiger partial charge in [-0.15, -0.1) is 11.3 Å². The number of nitrogens with zero attached hydrogens (tertiary/aromatic N) is 2. The highest BCUT2D eigenvalue weighted by Crippen LogP contribution is 2.42. The first kappa shape index (κ1) is 28.4. The van der Waals surface area contributed by atoms with Crippen molar-refractivity contribution in [1.29, 1.82) is 0 Å². The molecule has 0 fully saturated rings. The molecule has 0 saturated carbocycles. The van der Waals surface area contributed by atoms with E-state index in [0.717, 1.165) is 5.69 Å². The van der Waals surface area contributed by atoms with Crippen LogP contribution in [-0.4, -0.2) is 9.13 Å². The van der Waals surface area contributed by atoms with Gasteiger partial charge in [-0.2, -0.15) is 0 Å². The molecule has 0 N–H and O–H groups in total. The van der Waals surface area contributed by atoms with E-state index in [9.17, 15) is 0 Å². The Balaban J connectivity index is 1.11. The van der Waals surface area contributed by atoms with Crippen LogP contribution >= 0.6 is 11.3 Å². The molecule has 0 bridgehead atoms. The van der Waals surface area contributed by atoms with E-state index in [4.69, 9.17) is 0 Å². The van der Waals surface area contributed by atoms with Crippen LogP contribution in [0.4, 0.5) is 0 Å². The Hall–Kier alpha value is -6.42. The topological polar surface area (TPSA) is 9.86 Å². The molecular weight excluding hydrogens is 637 g/mol. The Bertz CT molecular complexity index is 3140. The zero-order chi connectivity index (χ0) is 33.5. The fourth-order valence-electron chi connectivity index (χ4n) is 8.26. The molecule has 8 aromatic carbocycles. The van der Waals surface area contributed by atoms with Gasteiger partial charge in [-0.3, -0.25) is 0 Å². The average Bonchev–Trinajstić information content (AvgIpc) is 3.85. The van der Waals surface area contributed by atoms with Crippen LogP contribution in [0.5, 0.6) is 0 Å². The number of thiophene rings is 1. The summed E-state index contributed by atoms with van der Waals surface area (Å²) in [5, 5.41) is 7.71. The summed E-state index contributed by atoms with van der Waals surface area (Å²) >= 11 is 1.87. The van der Waals surface area contributed by atoms with Gasteiger partial charge in [0.2, 0.25) is 0 Å².